The van der Waals surface area contributed by atoms with Gasteiger partial charge in [0.1, 0.15) is 5.75 Å². The third-order valence-electron chi connectivity index (χ3n) is 8.88. The number of amides is 1. The fourth-order valence-corrected chi connectivity index (χ4v) is 7.69. The Kier molecular flexibility index (Phi) is 9.87. The molecule has 2 heterocycles. The Morgan fingerprint density at radius 2 is 1.73 bits per heavy atom. The Labute approximate surface area is 287 Å². The van der Waals surface area contributed by atoms with Crippen LogP contribution in [0.15, 0.2) is 71.6 Å². The number of fused-ring (bicyclic) bond motifs is 2. The van der Waals surface area contributed by atoms with Gasteiger partial charge in [-0.05, 0) is 77.3 Å². The number of anilines is 1. The maximum absolute atomic E-state index is 13.8. The van der Waals surface area contributed by atoms with Crippen LogP contribution in [0.4, 0.5) is 5.69 Å². The number of carbonyl (C=O) groups excluding carboxylic acids is 2. The fourth-order valence-electron chi connectivity index (χ4n) is 6.26. The number of hydrogen-bond acceptors (Lipinski definition) is 8. The molecule has 1 aliphatic heterocycles. The molecular weight excluding hydrogens is 642 g/mol. The van der Waals surface area contributed by atoms with Crippen molar-refractivity contribution < 1.29 is 32.2 Å². The monoisotopic (exact) mass is 683 g/mol. The number of nitrogens with one attached hydrogen (secondary N) is 1. The molecule has 3 aromatic carbocycles. The van der Waals surface area contributed by atoms with E-state index in [-0.39, 0.29) is 34.8 Å². The second-order valence-electron chi connectivity index (χ2n) is 13.2. The molecular formula is C38H41N3O7S. The third-order valence-corrected chi connectivity index (χ3v) is 10.8. The molecule has 6 rings (SSSR count). The zero-order chi connectivity index (χ0) is 34.8. The number of ether oxygens (including phenoxy) is 3. The minimum atomic E-state index is -3.82. The first-order valence-corrected chi connectivity index (χ1v) is 17.9. The summed E-state index contributed by atoms with van der Waals surface area (Å²) in [5, 5.41) is 3.32. The van der Waals surface area contributed by atoms with Crippen LogP contribution in [0.5, 0.6) is 5.75 Å². The third kappa shape index (κ3) is 7.39. The Morgan fingerprint density at radius 1 is 1.00 bits per heavy atom. The van der Waals surface area contributed by atoms with Crippen LogP contribution >= 0.6 is 0 Å². The first-order valence-electron chi connectivity index (χ1n) is 16.4. The SMILES string of the molecule is COc1ccc(S(=O)(=O)N2CCOCC2)cc1NC(=O)COC(=O)c1c2c(nc3ccccc13)/C(=C/c1ccc(C(C)(C)C)cc1)CCC2. The number of sulfonamides is 1. The predicted molar refractivity (Wildman–Crippen MR) is 189 cm³/mol. The van der Waals surface area contributed by atoms with Crippen molar-refractivity contribution in [1.29, 1.82) is 0 Å². The van der Waals surface area contributed by atoms with Crippen molar-refractivity contribution in [2.75, 3.05) is 45.3 Å². The maximum Gasteiger partial charge on any atom is 0.339 e. The van der Waals surface area contributed by atoms with Crippen molar-refractivity contribution in [3.63, 3.8) is 0 Å². The fraction of sp³-hybridized carbons (Fsp3) is 0.342. The molecule has 1 N–H and O–H groups in total. The van der Waals surface area contributed by atoms with Crippen molar-refractivity contribution in [3.8, 4) is 5.75 Å². The quantitative estimate of drug-likeness (QED) is 0.217. The number of pyridine rings is 1. The van der Waals surface area contributed by atoms with Crippen molar-refractivity contribution in [3.05, 3.63) is 94.7 Å². The van der Waals surface area contributed by atoms with Gasteiger partial charge in [-0.25, -0.2) is 18.2 Å². The second-order valence-corrected chi connectivity index (χ2v) is 15.2. The summed E-state index contributed by atoms with van der Waals surface area (Å²) in [6.07, 6.45) is 4.43. The smallest absolute Gasteiger partial charge is 0.339 e. The first-order chi connectivity index (χ1) is 23.5. The Morgan fingerprint density at radius 3 is 2.45 bits per heavy atom. The number of esters is 1. The predicted octanol–water partition coefficient (Wildman–Crippen LogP) is 6.23. The van der Waals surface area contributed by atoms with Crippen LogP contribution in [0, 0.1) is 0 Å². The number of carbonyl (C=O) groups is 2. The van der Waals surface area contributed by atoms with E-state index in [2.05, 4.69) is 56.4 Å². The number of para-hydroxylation sites is 1. The van der Waals surface area contributed by atoms with E-state index in [4.69, 9.17) is 19.2 Å². The van der Waals surface area contributed by atoms with Crippen LogP contribution in [0.3, 0.4) is 0 Å². The topological polar surface area (TPSA) is 124 Å². The Bertz CT molecular complexity index is 2030. The minimum absolute atomic E-state index is 0.00591. The van der Waals surface area contributed by atoms with E-state index in [0.717, 1.165) is 35.2 Å². The van der Waals surface area contributed by atoms with E-state index in [1.165, 1.54) is 35.2 Å². The number of aromatic nitrogens is 1. The van der Waals surface area contributed by atoms with Gasteiger partial charge in [-0.15, -0.1) is 0 Å². The minimum Gasteiger partial charge on any atom is -0.495 e. The number of benzene rings is 3. The molecule has 1 aromatic heterocycles. The number of methoxy groups -OCH3 is 1. The summed E-state index contributed by atoms with van der Waals surface area (Å²) in [5.74, 6) is -1.00. The van der Waals surface area contributed by atoms with Crippen molar-refractivity contribution >= 4 is 50.1 Å². The second kappa shape index (κ2) is 14.1. The van der Waals surface area contributed by atoms with Gasteiger partial charge in [0.15, 0.2) is 6.61 Å². The highest BCUT2D eigenvalue weighted by Crippen LogP contribution is 2.37. The van der Waals surface area contributed by atoms with E-state index in [1.54, 1.807) is 0 Å². The van der Waals surface area contributed by atoms with E-state index in [1.807, 2.05) is 24.3 Å². The summed E-state index contributed by atoms with van der Waals surface area (Å²) in [5.41, 5.74) is 6.19. The molecule has 1 amide bonds. The molecule has 0 bridgehead atoms. The first kappa shape index (κ1) is 34.3. The molecule has 1 saturated heterocycles. The lowest BCUT2D eigenvalue weighted by molar-refractivity contribution is -0.119. The number of rotatable bonds is 8. The lowest BCUT2D eigenvalue weighted by Crippen LogP contribution is -2.40. The molecule has 4 aromatic rings. The van der Waals surface area contributed by atoms with Gasteiger partial charge in [0.25, 0.3) is 5.91 Å². The number of hydrogen-bond donors (Lipinski definition) is 1. The summed E-state index contributed by atoms with van der Waals surface area (Å²) in [4.78, 5) is 31.9. The molecule has 11 heteroatoms. The van der Waals surface area contributed by atoms with Crippen molar-refractivity contribution in [2.45, 2.75) is 50.3 Å². The standard InChI is InChI=1S/C38H41N3O7S/c1-38(2,3)27-14-12-25(13-15-27)22-26-8-7-10-30-35(29-9-5-6-11-31(29)40-36(26)30)37(43)48-24-34(42)39-32-23-28(16-17-33(32)46-4)49(44,45)41-18-20-47-21-19-41/h5-6,9,11-17,22-23H,7-8,10,18-21,24H2,1-4H3,(H,39,42)/b26-22+. The van der Waals surface area contributed by atoms with Gasteiger partial charge in [-0.2, -0.15) is 4.31 Å². The van der Waals surface area contributed by atoms with Gasteiger partial charge in [0.2, 0.25) is 10.0 Å². The van der Waals surface area contributed by atoms with E-state index >= 15 is 0 Å². The molecule has 256 valence electrons. The van der Waals surface area contributed by atoms with Crippen molar-refractivity contribution in [1.82, 2.24) is 9.29 Å². The molecule has 0 saturated carbocycles. The molecule has 0 spiro atoms. The van der Waals surface area contributed by atoms with Crippen LogP contribution in [-0.4, -0.2) is 69.6 Å². The van der Waals surface area contributed by atoms with E-state index in [0.29, 0.717) is 36.1 Å². The molecule has 10 nitrogen and oxygen atoms in total. The molecule has 0 radical (unpaired) electrons. The maximum atomic E-state index is 13.8. The van der Waals surface area contributed by atoms with Gasteiger partial charge >= 0.3 is 5.97 Å². The molecule has 1 aliphatic carbocycles. The molecule has 2 aliphatic rings. The van der Waals surface area contributed by atoms with Crippen LogP contribution < -0.4 is 10.1 Å². The lowest BCUT2D eigenvalue weighted by Gasteiger charge is -2.26. The molecule has 0 unspecified atom stereocenters. The van der Waals surface area contributed by atoms with E-state index in [9.17, 15) is 18.0 Å². The average molecular weight is 684 g/mol. The van der Waals surface area contributed by atoms with Gasteiger partial charge in [0.05, 0.1) is 47.7 Å². The van der Waals surface area contributed by atoms with Gasteiger partial charge in [0, 0.05) is 18.5 Å². The van der Waals surface area contributed by atoms with Crippen LogP contribution in [-0.2, 0) is 36.1 Å². The van der Waals surface area contributed by atoms with E-state index < -0.39 is 28.5 Å². The van der Waals surface area contributed by atoms with Gasteiger partial charge < -0.3 is 19.5 Å². The lowest BCUT2D eigenvalue weighted by atomic mass is 9.85. The number of nitrogens with zero attached hydrogens (tertiary/aromatic N) is 2. The van der Waals surface area contributed by atoms with Gasteiger partial charge in [-0.3, -0.25) is 4.79 Å². The average Bonchev–Trinajstić information content (AvgIpc) is 3.10. The summed E-state index contributed by atoms with van der Waals surface area (Å²) in [7, 11) is -2.40. The normalized spacial score (nSPS) is 16.3. The van der Waals surface area contributed by atoms with Gasteiger partial charge in [-0.1, -0.05) is 63.2 Å². The highest BCUT2D eigenvalue weighted by atomic mass is 32.2. The molecule has 49 heavy (non-hydrogen) atoms. The largest absolute Gasteiger partial charge is 0.495 e. The summed E-state index contributed by atoms with van der Waals surface area (Å²) in [6.45, 7) is 7.06. The zero-order valence-electron chi connectivity index (χ0n) is 28.2. The zero-order valence-corrected chi connectivity index (χ0v) is 29.1. The number of allylic oxidation sites excluding steroid dienone is 1. The molecule has 1 fully saturated rings. The highest BCUT2D eigenvalue weighted by molar-refractivity contribution is 7.89. The van der Waals surface area contributed by atoms with Crippen molar-refractivity contribution in [2.24, 2.45) is 0 Å². The Hall–Kier alpha value is -4.58. The summed E-state index contributed by atoms with van der Waals surface area (Å²) < 4.78 is 44.1. The highest BCUT2D eigenvalue weighted by Gasteiger charge is 2.29. The van der Waals surface area contributed by atoms with Crippen LogP contribution in [0.1, 0.15) is 66.4 Å². The van der Waals surface area contributed by atoms with Crippen LogP contribution in [0.25, 0.3) is 22.6 Å². The van der Waals surface area contributed by atoms with Crippen LogP contribution in [0.2, 0.25) is 0 Å². The molecule has 0 atom stereocenters. The summed E-state index contributed by atoms with van der Waals surface area (Å²) in [6, 6.07) is 20.2. The Balaban J connectivity index is 1.24. The summed E-state index contributed by atoms with van der Waals surface area (Å²) >= 11 is 0. The number of morpholine rings is 1.